The monoisotopic (exact) mass is 358 g/mol. The SMILES string of the molecule is Cc1cccc(OCCSc2nc3ccccc3n2CC(O)CO)c1. The van der Waals surface area contributed by atoms with Gasteiger partial charge in [-0.2, -0.15) is 0 Å². The van der Waals surface area contributed by atoms with Gasteiger partial charge in [-0.25, -0.2) is 4.98 Å². The molecule has 5 nitrogen and oxygen atoms in total. The van der Waals surface area contributed by atoms with E-state index in [1.54, 1.807) is 11.8 Å². The van der Waals surface area contributed by atoms with E-state index in [0.29, 0.717) is 13.2 Å². The Kier molecular flexibility index (Phi) is 5.96. The topological polar surface area (TPSA) is 67.5 Å². The summed E-state index contributed by atoms with van der Waals surface area (Å²) in [6.45, 7) is 2.65. The van der Waals surface area contributed by atoms with Crippen LogP contribution in [-0.2, 0) is 6.54 Å². The van der Waals surface area contributed by atoms with Gasteiger partial charge >= 0.3 is 0 Å². The molecule has 6 heteroatoms. The van der Waals surface area contributed by atoms with Gasteiger partial charge in [-0.15, -0.1) is 0 Å². The number of hydrogen-bond donors (Lipinski definition) is 2. The van der Waals surface area contributed by atoms with Gasteiger partial charge in [0, 0.05) is 5.75 Å². The molecule has 0 aliphatic carbocycles. The number of para-hydroxylation sites is 2. The van der Waals surface area contributed by atoms with E-state index >= 15 is 0 Å². The molecule has 0 radical (unpaired) electrons. The van der Waals surface area contributed by atoms with Crippen LogP contribution in [0.3, 0.4) is 0 Å². The van der Waals surface area contributed by atoms with Crippen molar-refractivity contribution in [3.63, 3.8) is 0 Å². The lowest BCUT2D eigenvalue weighted by molar-refractivity contribution is 0.0802. The number of aliphatic hydroxyl groups excluding tert-OH is 2. The number of aliphatic hydroxyl groups is 2. The summed E-state index contributed by atoms with van der Waals surface area (Å²) >= 11 is 1.58. The van der Waals surface area contributed by atoms with Crippen LogP contribution >= 0.6 is 11.8 Å². The number of benzene rings is 2. The number of thioether (sulfide) groups is 1. The highest BCUT2D eigenvalue weighted by molar-refractivity contribution is 7.99. The molecule has 0 fully saturated rings. The number of aryl methyl sites for hydroxylation is 1. The lowest BCUT2D eigenvalue weighted by Crippen LogP contribution is -2.20. The molecule has 0 aliphatic heterocycles. The van der Waals surface area contributed by atoms with Gasteiger partial charge in [0.05, 0.1) is 36.9 Å². The maximum absolute atomic E-state index is 9.83. The van der Waals surface area contributed by atoms with Gasteiger partial charge in [0.1, 0.15) is 5.75 Å². The van der Waals surface area contributed by atoms with E-state index < -0.39 is 6.10 Å². The maximum Gasteiger partial charge on any atom is 0.169 e. The van der Waals surface area contributed by atoms with Crippen LogP contribution in [-0.4, -0.2) is 44.8 Å². The number of ether oxygens (including phenoxy) is 1. The molecule has 0 bridgehead atoms. The normalized spacial score (nSPS) is 12.4. The van der Waals surface area contributed by atoms with Gasteiger partial charge in [-0.1, -0.05) is 36.0 Å². The molecule has 2 aromatic carbocycles. The lowest BCUT2D eigenvalue weighted by atomic mass is 10.2. The Morgan fingerprint density at radius 1 is 1.20 bits per heavy atom. The molecule has 1 unspecified atom stereocenters. The van der Waals surface area contributed by atoms with Gasteiger partial charge in [-0.05, 0) is 36.8 Å². The van der Waals surface area contributed by atoms with Crippen LogP contribution in [0, 0.1) is 6.92 Å². The van der Waals surface area contributed by atoms with Crippen molar-refractivity contribution in [1.29, 1.82) is 0 Å². The quantitative estimate of drug-likeness (QED) is 0.479. The van der Waals surface area contributed by atoms with Crippen LogP contribution in [0.1, 0.15) is 5.56 Å². The first kappa shape index (κ1) is 17.8. The zero-order valence-corrected chi connectivity index (χ0v) is 14.9. The van der Waals surface area contributed by atoms with Crippen molar-refractivity contribution in [3.8, 4) is 5.75 Å². The third-order valence-electron chi connectivity index (χ3n) is 3.80. The van der Waals surface area contributed by atoms with Gasteiger partial charge in [0.15, 0.2) is 5.16 Å². The van der Waals surface area contributed by atoms with Crippen molar-refractivity contribution in [2.75, 3.05) is 19.0 Å². The highest BCUT2D eigenvalue weighted by atomic mass is 32.2. The van der Waals surface area contributed by atoms with Crippen molar-refractivity contribution in [2.45, 2.75) is 24.7 Å². The summed E-state index contributed by atoms with van der Waals surface area (Å²) < 4.78 is 7.73. The number of hydrogen-bond acceptors (Lipinski definition) is 5. The largest absolute Gasteiger partial charge is 0.493 e. The van der Waals surface area contributed by atoms with Crippen LogP contribution < -0.4 is 4.74 Å². The Labute approximate surface area is 151 Å². The standard InChI is InChI=1S/C19H22N2O3S/c1-14-5-4-6-16(11-14)24-9-10-25-19-20-17-7-2-3-8-18(17)21(19)12-15(23)13-22/h2-8,11,15,22-23H,9-10,12-13H2,1H3. The summed E-state index contributed by atoms with van der Waals surface area (Å²) in [6.07, 6.45) is -0.805. The van der Waals surface area contributed by atoms with E-state index in [4.69, 9.17) is 9.84 Å². The van der Waals surface area contributed by atoms with E-state index in [0.717, 1.165) is 27.7 Å². The first-order valence-electron chi connectivity index (χ1n) is 8.24. The summed E-state index contributed by atoms with van der Waals surface area (Å²) in [5.74, 6) is 1.61. The van der Waals surface area contributed by atoms with Crippen LogP contribution in [0.5, 0.6) is 5.75 Å². The van der Waals surface area contributed by atoms with E-state index in [1.165, 1.54) is 5.56 Å². The zero-order valence-electron chi connectivity index (χ0n) is 14.1. The predicted octanol–water partition coefficient (Wildman–Crippen LogP) is 2.87. The molecule has 25 heavy (non-hydrogen) atoms. The number of imidazole rings is 1. The minimum atomic E-state index is -0.805. The van der Waals surface area contributed by atoms with E-state index in [2.05, 4.69) is 4.98 Å². The number of aromatic nitrogens is 2. The molecule has 0 amide bonds. The predicted molar refractivity (Wildman–Crippen MR) is 100 cm³/mol. The number of nitrogens with zero attached hydrogens (tertiary/aromatic N) is 2. The van der Waals surface area contributed by atoms with Crippen LogP contribution in [0.4, 0.5) is 0 Å². The summed E-state index contributed by atoms with van der Waals surface area (Å²) in [5, 5.41) is 19.8. The fourth-order valence-electron chi connectivity index (χ4n) is 2.61. The first-order chi connectivity index (χ1) is 12.2. The fraction of sp³-hybridized carbons (Fsp3) is 0.316. The molecular formula is C19H22N2O3S. The van der Waals surface area contributed by atoms with Crippen LogP contribution in [0.15, 0.2) is 53.7 Å². The smallest absolute Gasteiger partial charge is 0.169 e. The van der Waals surface area contributed by atoms with Crippen molar-refractivity contribution in [3.05, 3.63) is 54.1 Å². The minimum Gasteiger partial charge on any atom is -0.493 e. The molecule has 0 saturated heterocycles. The van der Waals surface area contributed by atoms with Crippen molar-refractivity contribution in [2.24, 2.45) is 0 Å². The summed E-state index contributed by atoms with van der Waals surface area (Å²) in [6, 6.07) is 15.8. The molecule has 1 aromatic heterocycles. The lowest BCUT2D eigenvalue weighted by Gasteiger charge is -2.12. The van der Waals surface area contributed by atoms with Crippen LogP contribution in [0.25, 0.3) is 11.0 Å². The Morgan fingerprint density at radius 2 is 2.04 bits per heavy atom. The van der Waals surface area contributed by atoms with Crippen molar-refractivity contribution in [1.82, 2.24) is 9.55 Å². The number of fused-ring (bicyclic) bond motifs is 1. The third-order valence-corrected chi connectivity index (χ3v) is 4.74. The van der Waals surface area contributed by atoms with Crippen molar-refractivity contribution >= 4 is 22.8 Å². The fourth-order valence-corrected chi connectivity index (χ4v) is 3.45. The highest BCUT2D eigenvalue weighted by Gasteiger charge is 2.14. The average Bonchev–Trinajstić information content (AvgIpc) is 2.96. The second-order valence-corrected chi connectivity index (χ2v) is 6.91. The zero-order chi connectivity index (χ0) is 17.6. The number of rotatable bonds is 8. The Bertz CT molecular complexity index is 834. The maximum atomic E-state index is 9.83. The van der Waals surface area contributed by atoms with Crippen LogP contribution in [0.2, 0.25) is 0 Å². The molecule has 0 saturated carbocycles. The molecule has 0 aliphatic rings. The Balaban J connectivity index is 1.67. The second-order valence-electron chi connectivity index (χ2n) is 5.84. The highest BCUT2D eigenvalue weighted by Crippen LogP contribution is 2.24. The second kappa shape index (κ2) is 8.38. The summed E-state index contributed by atoms with van der Waals surface area (Å²) in [5.41, 5.74) is 3.01. The Morgan fingerprint density at radius 3 is 2.84 bits per heavy atom. The van der Waals surface area contributed by atoms with E-state index in [-0.39, 0.29) is 6.61 Å². The van der Waals surface area contributed by atoms with Gasteiger partial charge in [0.2, 0.25) is 0 Å². The molecular weight excluding hydrogens is 336 g/mol. The average molecular weight is 358 g/mol. The molecule has 132 valence electrons. The molecule has 3 rings (SSSR count). The molecule has 3 aromatic rings. The van der Waals surface area contributed by atoms with E-state index in [9.17, 15) is 5.11 Å². The summed E-state index contributed by atoms with van der Waals surface area (Å²) in [4.78, 5) is 4.64. The minimum absolute atomic E-state index is 0.271. The molecule has 1 heterocycles. The van der Waals surface area contributed by atoms with E-state index in [1.807, 2.05) is 60.0 Å². The molecule has 2 N–H and O–H groups in total. The first-order valence-corrected chi connectivity index (χ1v) is 9.22. The summed E-state index contributed by atoms with van der Waals surface area (Å²) in [7, 11) is 0. The van der Waals surface area contributed by atoms with Crippen molar-refractivity contribution < 1.29 is 14.9 Å². The van der Waals surface area contributed by atoms with Gasteiger partial charge in [-0.3, -0.25) is 0 Å². The van der Waals surface area contributed by atoms with Gasteiger partial charge < -0.3 is 19.5 Å². The molecule has 0 spiro atoms. The van der Waals surface area contributed by atoms with Gasteiger partial charge in [0.25, 0.3) is 0 Å². The third kappa shape index (κ3) is 4.54. The Hall–Kier alpha value is -2.02. The molecule has 1 atom stereocenters.